The van der Waals surface area contributed by atoms with Crippen LogP contribution in [0.5, 0.6) is 0 Å². The van der Waals surface area contributed by atoms with E-state index in [1.165, 1.54) is 23.3 Å². The van der Waals surface area contributed by atoms with Gasteiger partial charge in [-0.2, -0.15) is 28.1 Å². The van der Waals surface area contributed by atoms with Gasteiger partial charge in [-0.25, -0.2) is 0 Å². The fraction of sp³-hybridized carbons (Fsp3) is 0.371. The molecular formula is C35H40F3N7O. The van der Waals surface area contributed by atoms with E-state index in [1.807, 2.05) is 41.3 Å². The number of hydrogen-bond acceptors (Lipinski definition) is 7. The van der Waals surface area contributed by atoms with Crippen LogP contribution in [0.2, 0.25) is 0 Å². The summed E-state index contributed by atoms with van der Waals surface area (Å²) in [6, 6.07) is 25.8. The Morgan fingerprint density at radius 1 is 0.783 bits per heavy atom. The number of benzene rings is 3. The van der Waals surface area contributed by atoms with Gasteiger partial charge in [-0.15, -0.1) is 0 Å². The Bertz CT molecular complexity index is 1490. The standard InChI is InChI=1S/C35H40F3N7O/c1-24(26-11-5-3-6-12-26)21-40-32-42-33(41-22-25(2)27-13-7-4-8-14-27)44-34(43-32)45-19-17-28(18-20-45)31(46)39-23-29-15-9-10-16-30(29)35(36,37)38/h3-16,24-25,28H,17-23H2,1-2H3,(H,39,46)(H2,40,41,42,43,44)/t24-,25?/m0/s1. The van der Waals surface area contributed by atoms with Crippen molar-refractivity contribution >= 4 is 23.8 Å². The summed E-state index contributed by atoms with van der Waals surface area (Å²) in [4.78, 5) is 29.1. The molecule has 1 amide bonds. The van der Waals surface area contributed by atoms with Crippen molar-refractivity contribution in [1.82, 2.24) is 20.3 Å². The van der Waals surface area contributed by atoms with E-state index in [4.69, 9.17) is 9.97 Å². The minimum Gasteiger partial charge on any atom is -0.353 e. The Kier molecular flexibility index (Phi) is 10.7. The first-order chi connectivity index (χ1) is 22.2. The van der Waals surface area contributed by atoms with Crippen molar-refractivity contribution in [3.63, 3.8) is 0 Å². The second-order valence-electron chi connectivity index (χ2n) is 11.8. The van der Waals surface area contributed by atoms with Crippen LogP contribution in [0.25, 0.3) is 0 Å². The molecular weight excluding hydrogens is 591 g/mol. The number of anilines is 3. The second kappa shape index (κ2) is 15.1. The van der Waals surface area contributed by atoms with Crippen molar-refractivity contribution in [3.8, 4) is 0 Å². The SMILES string of the molecule is CC(CNc1nc(NC[C@H](C)c2ccccc2)nc(N2CCC(C(=O)NCc3ccccc3C(F)(F)F)CC2)n1)c1ccccc1. The van der Waals surface area contributed by atoms with Gasteiger partial charge in [0.05, 0.1) is 5.56 Å². The van der Waals surface area contributed by atoms with E-state index in [1.54, 1.807) is 6.07 Å². The van der Waals surface area contributed by atoms with Crippen LogP contribution in [-0.2, 0) is 17.5 Å². The van der Waals surface area contributed by atoms with Gasteiger partial charge in [-0.05, 0) is 47.4 Å². The molecule has 3 aromatic carbocycles. The largest absolute Gasteiger partial charge is 0.416 e. The number of hydrogen-bond donors (Lipinski definition) is 3. The maximum atomic E-state index is 13.4. The van der Waals surface area contributed by atoms with Crippen molar-refractivity contribution in [2.24, 2.45) is 5.92 Å². The van der Waals surface area contributed by atoms with Crippen LogP contribution in [0.15, 0.2) is 84.9 Å². The molecule has 1 aromatic heterocycles. The van der Waals surface area contributed by atoms with Gasteiger partial charge in [0.2, 0.25) is 23.8 Å². The fourth-order valence-corrected chi connectivity index (χ4v) is 5.57. The molecule has 8 nitrogen and oxygen atoms in total. The number of carbonyl (C=O) groups is 1. The number of amides is 1. The molecule has 0 saturated carbocycles. The lowest BCUT2D eigenvalue weighted by Crippen LogP contribution is -2.41. The van der Waals surface area contributed by atoms with Crippen LogP contribution >= 0.6 is 0 Å². The first-order valence-electron chi connectivity index (χ1n) is 15.7. The maximum absolute atomic E-state index is 13.4. The molecule has 2 heterocycles. The van der Waals surface area contributed by atoms with Crippen LogP contribution in [-0.4, -0.2) is 47.0 Å². The highest BCUT2D eigenvalue weighted by molar-refractivity contribution is 5.79. The summed E-state index contributed by atoms with van der Waals surface area (Å²) in [6.07, 6.45) is -3.42. The van der Waals surface area contributed by atoms with E-state index in [2.05, 4.69) is 59.0 Å². The van der Waals surface area contributed by atoms with Gasteiger partial charge in [0.25, 0.3) is 0 Å². The maximum Gasteiger partial charge on any atom is 0.416 e. The Balaban J connectivity index is 1.23. The van der Waals surface area contributed by atoms with Gasteiger partial charge in [0, 0.05) is 38.6 Å². The summed E-state index contributed by atoms with van der Waals surface area (Å²) in [7, 11) is 0. The number of nitrogens with zero attached hydrogens (tertiary/aromatic N) is 4. The summed E-state index contributed by atoms with van der Waals surface area (Å²) < 4.78 is 40.1. The summed E-state index contributed by atoms with van der Waals surface area (Å²) in [6.45, 7) is 6.43. The zero-order valence-electron chi connectivity index (χ0n) is 26.1. The van der Waals surface area contributed by atoms with Crippen molar-refractivity contribution in [2.45, 2.75) is 51.2 Å². The Hall–Kier alpha value is -4.67. The number of aromatic nitrogens is 3. The summed E-state index contributed by atoms with van der Waals surface area (Å²) in [5.74, 6) is 1.34. The lowest BCUT2D eigenvalue weighted by molar-refractivity contribution is -0.138. The van der Waals surface area contributed by atoms with E-state index in [0.29, 0.717) is 56.9 Å². The summed E-state index contributed by atoms with van der Waals surface area (Å²) >= 11 is 0. The van der Waals surface area contributed by atoms with Gasteiger partial charge in [-0.3, -0.25) is 4.79 Å². The number of piperidine rings is 1. The van der Waals surface area contributed by atoms with Crippen molar-refractivity contribution in [3.05, 3.63) is 107 Å². The monoisotopic (exact) mass is 631 g/mol. The Morgan fingerprint density at radius 3 is 1.80 bits per heavy atom. The molecule has 0 bridgehead atoms. The van der Waals surface area contributed by atoms with Crippen LogP contribution < -0.4 is 20.9 Å². The number of rotatable bonds is 12. The molecule has 11 heteroatoms. The molecule has 1 aliphatic rings. The normalized spacial score (nSPS) is 15.2. The molecule has 242 valence electrons. The molecule has 5 rings (SSSR count). The van der Waals surface area contributed by atoms with E-state index in [9.17, 15) is 18.0 Å². The highest BCUT2D eigenvalue weighted by Gasteiger charge is 2.33. The van der Waals surface area contributed by atoms with Crippen molar-refractivity contribution in [1.29, 1.82) is 0 Å². The van der Waals surface area contributed by atoms with Gasteiger partial charge in [0.1, 0.15) is 0 Å². The molecule has 1 fully saturated rings. The molecule has 1 saturated heterocycles. The predicted molar refractivity (Wildman–Crippen MR) is 175 cm³/mol. The molecule has 0 aliphatic carbocycles. The van der Waals surface area contributed by atoms with Crippen LogP contribution in [0, 0.1) is 5.92 Å². The molecule has 1 aliphatic heterocycles. The van der Waals surface area contributed by atoms with Crippen molar-refractivity contribution < 1.29 is 18.0 Å². The van der Waals surface area contributed by atoms with E-state index >= 15 is 0 Å². The van der Waals surface area contributed by atoms with Crippen LogP contribution in [0.1, 0.15) is 60.8 Å². The first-order valence-corrected chi connectivity index (χ1v) is 15.7. The minimum atomic E-state index is -4.47. The third-order valence-corrected chi connectivity index (χ3v) is 8.42. The third kappa shape index (κ3) is 8.74. The molecule has 46 heavy (non-hydrogen) atoms. The minimum absolute atomic E-state index is 0.0502. The molecule has 4 aromatic rings. The quantitative estimate of drug-likeness (QED) is 0.157. The zero-order chi connectivity index (χ0) is 32.5. The first kappa shape index (κ1) is 32.7. The lowest BCUT2D eigenvalue weighted by Gasteiger charge is -2.31. The van der Waals surface area contributed by atoms with Crippen LogP contribution in [0.3, 0.4) is 0 Å². The molecule has 2 atom stereocenters. The molecule has 0 spiro atoms. The number of halogens is 3. The van der Waals surface area contributed by atoms with E-state index in [0.717, 1.165) is 6.07 Å². The Labute approximate surface area is 267 Å². The zero-order valence-corrected chi connectivity index (χ0v) is 26.1. The lowest BCUT2D eigenvalue weighted by atomic mass is 9.96. The third-order valence-electron chi connectivity index (χ3n) is 8.42. The van der Waals surface area contributed by atoms with Gasteiger partial charge in [0.15, 0.2) is 0 Å². The number of carbonyl (C=O) groups excluding carboxylic acids is 1. The fourth-order valence-electron chi connectivity index (χ4n) is 5.57. The second-order valence-corrected chi connectivity index (χ2v) is 11.8. The average Bonchev–Trinajstić information content (AvgIpc) is 3.09. The Morgan fingerprint density at radius 2 is 1.28 bits per heavy atom. The van der Waals surface area contributed by atoms with Crippen molar-refractivity contribution in [2.75, 3.05) is 41.7 Å². The van der Waals surface area contributed by atoms with Crippen LogP contribution in [0.4, 0.5) is 31.0 Å². The van der Waals surface area contributed by atoms with E-state index < -0.39 is 11.7 Å². The van der Waals surface area contributed by atoms with Gasteiger partial charge >= 0.3 is 6.18 Å². The number of alkyl halides is 3. The molecule has 0 radical (unpaired) electrons. The average molecular weight is 632 g/mol. The smallest absolute Gasteiger partial charge is 0.353 e. The molecule has 3 N–H and O–H groups in total. The number of nitrogens with one attached hydrogen (secondary N) is 3. The van der Waals surface area contributed by atoms with E-state index in [-0.39, 0.29) is 35.8 Å². The highest BCUT2D eigenvalue weighted by Crippen LogP contribution is 2.32. The van der Waals surface area contributed by atoms with Gasteiger partial charge in [-0.1, -0.05) is 92.7 Å². The predicted octanol–water partition coefficient (Wildman–Crippen LogP) is 6.85. The topological polar surface area (TPSA) is 95.1 Å². The molecule has 1 unspecified atom stereocenters. The van der Waals surface area contributed by atoms with Gasteiger partial charge < -0.3 is 20.9 Å². The summed E-state index contributed by atoms with van der Waals surface area (Å²) in [5.41, 5.74) is 1.74. The highest BCUT2D eigenvalue weighted by atomic mass is 19.4. The summed E-state index contributed by atoms with van der Waals surface area (Å²) in [5, 5.41) is 9.48.